The van der Waals surface area contributed by atoms with E-state index in [1.807, 2.05) is 0 Å². The Bertz CT molecular complexity index is 595. The summed E-state index contributed by atoms with van der Waals surface area (Å²) >= 11 is 11.7. The third-order valence-electron chi connectivity index (χ3n) is 2.21. The average Bonchev–Trinajstić information content (AvgIpc) is 2.57. The van der Waals surface area contributed by atoms with Gasteiger partial charge in [-0.05, 0) is 13.8 Å². The first-order chi connectivity index (χ1) is 8.04. The van der Waals surface area contributed by atoms with Crippen molar-refractivity contribution in [1.29, 1.82) is 0 Å². The van der Waals surface area contributed by atoms with Crippen LogP contribution in [0.15, 0.2) is 6.07 Å². The van der Waals surface area contributed by atoms with Crippen LogP contribution in [0.2, 0.25) is 10.3 Å². The van der Waals surface area contributed by atoms with E-state index < -0.39 is 5.97 Å². The van der Waals surface area contributed by atoms with Crippen LogP contribution in [0.3, 0.4) is 0 Å². The van der Waals surface area contributed by atoms with E-state index in [2.05, 4.69) is 10.1 Å². The molecule has 0 atom stereocenters. The van der Waals surface area contributed by atoms with Gasteiger partial charge in [-0.3, -0.25) is 0 Å². The molecular weight excluding hydrogens is 265 g/mol. The van der Waals surface area contributed by atoms with E-state index in [-0.39, 0.29) is 17.5 Å². The van der Waals surface area contributed by atoms with Gasteiger partial charge in [-0.2, -0.15) is 5.10 Å². The van der Waals surface area contributed by atoms with E-state index in [1.165, 1.54) is 10.6 Å². The molecule has 0 amide bonds. The van der Waals surface area contributed by atoms with Crippen LogP contribution in [0.25, 0.3) is 5.65 Å². The van der Waals surface area contributed by atoms with Crippen molar-refractivity contribution in [2.75, 3.05) is 6.61 Å². The number of ether oxygens (including phenoxy) is 1. The van der Waals surface area contributed by atoms with Crippen LogP contribution in [-0.2, 0) is 4.74 Å². The molecule has 2 aromatic rings. The van der Waals surface area contributed by atoms with Gasteiger partial charge in [0.1, 0.15) is 10.3 Å². The Hall–Kier alpha value is -1.33. The summed E-state index contributed by atoms with van der Waals surface area (Å²) in [5.41, 5.74) is 1.24. The standard InChI is InChI=1S/C10H9Cl2N3O2/c1-3-17-10(16)8-5(2)9-13-6(11)4-7(12)15(9)14-8/h4H,3H2,1-2H3. The number of esters is 1. The minimum atomic E-state index is -0.498. The lowest BCUT2D eigenvalue weighted by Gasteiger charge is -1.97. The van der Waals surface area contributed by atoms with Crippen molar-refractivity contribution in [2.45, 2.75) is 13.8 Å². The molecule has 0 aliphatic rings. The summed E-state index contributed by atoms with van der Waals surface area (Å²) in [6.07, 6.45) is 0. The second-order valence-electron chi connectivity index (χ2n) is 3.33. The molecule has 0 N–H and O–H groups in total. The predicted octanol–water partition coefficient (Wildman–Crippen LogP) is 2.52. The van der Waals surface area contributed by atoms with E-state index in [1.54, 1.807) is 13.8 Å². The fraction of sp³-hybridized carbons (Fsp3) is 0.300. The maximum Gasteiger partial charge on any atom is 0.359 e. The highest BCUT2D eigenvalue weighted by Crippen LogP contribution is 2.21. The number of hydrogen-bond acceptors (Lipinski definition) is 4. The second-order valence-corrected chi connectivity index (χ2v) is 4.11. The minimum Gasteiger partial charge on any atom is -0.461 e. The van der Waals surface area contributed by atoms with E-state index in [4.69, 9.17) is 27.9 Å². The first-order valence-corrected chi connectivity index (χ1v) is 5.68. The maximum atomic E-state index is 11.6. The van der Waals surface area contributed by atoms with E-state index in [0.29, 0.717) is 16.4 Å². The number of rotatable bonds is 2. The summed E-state index contributed by atoms with van der Waals surface area (Å²) < 4.78 is 6.25. The molecule has 0 saturated carbocycles. The molecular formula is C10H9Cl2N3O2. The van der Waals surface area contributed by atoms with Crippen LogP contribution in [0.4, 0.5) is 0 Å². The average molecular weight is 274 g/mol. The smallest absolute Gasteiger partial charge is 0.359 e. The third-order valence-corrected chi connectivity index (χ3v) is 2.68. The molecule has 0 aliphatic heterocycles. The number of aromatic nitrogens is 3. The van der Waals surface area contributed by atoms with Crippen LogP contribution >= 0.6 is 23.2 Å². The van der Waals surface area contributed by atoms with Gasteiger partial charge < -0.3 is 4.74 Å². The van der Waals surface area contributed by atoms with Gasteiger partial charge in [-0.15, -0.1) is 0 Å². The summed E-state index contributed by atoms with van der Waals surface area (Å²) in [6, 6.07) is 1.46. The van der Waals surface area contributed by atoms with Crippen molar-refractivity contribution in [1.82, 2.24) is 14.6 Å². The van der Waals surface area contributed by atoms with E-state index in [9.17, 15) is 4.79 Å². The fourth-order valence-electron chi connectivity index (χ4n) is 1.45. The summed E-state index contributed by atoms with van der Waals surface area (Å²) in [6.45, 7) is 3.73. The van der Waals surface area contributed by atoms with E-state index >= 15 is 0 Å². The fourth-order valence-corrected chi connectivity index (χ4v) is 1.91. The molecule has 2 rings (SSSR count). The zero-order chi connectivity index (χ0) is 12.6. The van der Waals surface area contributed by atoms with Gasteiger partial charge in [0.25, 0.3) is 0 Å². The summed E-state index contributed by atoms with van der Waals surface area (Å²) in [5.74, 6) is -0.498. The van der Waals surface area contributed by atoms with Gasteiger partial charge in [-0.25, -0.2) is 14.3 Å². The maximum absolute atomic E-state index is 11.6. The number of nitrogens with zero attached hydrogens (tertiary/aromatic N) is 3. The normalized spacial score (nSPS) is 10.8. The topological polar surface area (TPSA) is 56.5 Å². The zero-order valence-corrected chi connectivity index (χ0v) is 10.7. The van der Waals surface area contributed by atoms with Gasteiger partial charge >= 0.3 is 5.97 Å². The van der Waals surface area contributed by atoms with Crippen molar-refractivity contribution in [3.05, 3.63) is 27.6 Å². The van der Waals surface area contributed by atoms with Crippen molar-refractivity contribution >= 4 is 34.8 Å². The summed E-state index contributed by atoms with van der Waals surface area (Å²) in [7, 11) is 0. The first kappa shape index (κ1) is 12.1. The Kier molecular flexibility index (Phi) is 3.22. The number of halogens is 2. The van der Waals surface area contributed by atoms with Gasteiger partial charge in [0, 0.05) is 11.6 Å². The van der Waals surface area contributed by atoms with Gasteiger partial charge in [0.2, 0.25) is 0 Å². The molecule has 5 nitrogen and oxygen atoms in total. The zero-order valence-electron chi connectivity index (χ0n) is 9.20. The molecule has 0 radical (unpaired) electrons. The summed E-state index contributed by atoms with van der Waals surface area (Å²) in [4.78, 5) is 15.7. The number of carbonyl (C=O) groups is 1. The van der Waals surface area contributed by atoms with Crippen molar-refractivity contribution in [2.24, 2.45) is 0 Å². The van der Waals surface area contributed by atoms with Crippen molar-refractivity contribution in [3.63, 3.8) is 0 Å². The first-order valence-electron chi connectivity index (χ1n) is 4.93. The Labute approximate surface area is 107 Å². The Morgan fingerprint density at radius 2 is 2.24 bits per heavy atom. The van der Waals surface area contributed by atoms with Gasteiger partial charge in [-0.1, -0.05) is 23.2 Å². The van der Waals surface area contributed by atoms with Crippen molar-refractivity contribution in [3.8, 4) is 0 Å². The van der Waals surface area contributed by atoms with Crippen LogP contribution in [-0.4, -0.2) is 27.2 Å². The third kappa shape index (κ3) is 2.08. The molecule has 0 aliphatic carbocycles. The lowest BCUT2D eigenvalue weighted by molar-refractivity contribution is 0.0518. The Morgan fingerprint density at radius 1 is 1.53 bits per heavy atom. The molecule has 0 aromatic carbocycles. The second kappa shape index (κ2) is 4.50. The van der Waals surface area contributed by atoms with Crippen molar-refractivity contribution < 1.29 is 9.53 Å². The number of carbonyl (C=O) groups excluding carboxylic acids is 1. The number of aryl methyl sites for hydroxylation is 1. The highest BCUT2D eigenvalue weighted by Gasteiger charge is 2.19. The predicted molar refractivity (Wildman–Crippen MR) is 63.7 cm³/mol. The monoisotopic (exact) mass is 273 g/mol. The number of fused-ring (bicyclic) bond motifs is 1. The van der Waals surface area contributed by atoms with Crippen LogP contribution < -0.4 is 0 Å². The largest absolute Gasteiger partial charge is 0.461 e. The Balaban J connectivity index is 2.64. The SMILES string of the molecule is CCOC(=O)c1nn2c(Cl)cc(Cl)nc2c1C. The molecule has 0 saturated heterocycles. The van der Waals surface area contributed by atoms with E-state index in [0.717, 1.165) is 0 Å². The van der Waals surface area contributed by atoms with Crippen LogP contribution in [0, 0.1) is 6.92 Å². The summed E-state index contributed by atoms with van der Waals surface area (Å²) in [5, 5.41) is 4.60. The molecule has 0 fully saturated rings. The van der Waals surface area contributed by atoms with Gasteiger partial charge in [0.05, 0.1) is 6.61 Å². The molecule has 2 aromatic heterocycles. The lowest BCUT2D eigenvalue weighted by Crippen LogP contribution is -2.07. The molecule has 0 bridgehead atoms. The quantitative estimate of drug-likeness (QED) is 0.623. The number of hydrogen-bond donors (Lipinski definition) is 0. The molecule has 2 heterocycles. The van der Waals surface area contributed by atoms with Crippen LogP contribution in [0.1, 0.15) is 23.0 Å². The molecule has 0 unspecified atom stereocenters. The highest BCUT2D eigenvalue weighted by atomic mass is 35.5. The molecule has 17 heavy (non-hydrogen) atoms. The molecule has 90 valence electrons. The lowest BCUT2D eigenvalue weighted by atomic mass is 10.2. The Morgan fingerprint density at radius 3 is 2.88 bits per heavy atom. The van der Waals surface area contributed by atoms with Gasteiger partial charge in [0.15, 0.2) is 11.3 Å². The van der Waals surface area contributed by atoms with Crippen LogP contribution in [0.5, 0.6) is 0 Å². The highest BCUT2D eigenvalue weighted by molar-refractivity contribution is 6.33. The minimum absolute atomic E-state index is 0.198. The molecule has 7 heteroatoms. The molecule has 0 spiro atoms.